The fourth-order valence-electron chi connectivity index (χ4n) is 2.05. The van der Waals surface area contributed by atoms with Gasteiger partial charge in [0.15, 0.2) is 0 Å². The highest BCUT2D eigenvalue weighted by molar-refractivity contribution is 5.94. The fraction of sp³-hybridized carbons (Fsp3) is 0.500. The van der Waals surface area contributed by atoms with Crippen molar-refractivity contribution < 1.29 is 18.0 Å². The Hall–Kier alpha value is -1.79. The number of carbonyl (C=O) groups is 1. The number of carbonyl (C=O) groups excluding carboxylic acids is 1. The second kappa shape index (κ2) is 5.07. The van der Waals surface area contributed by atoms with Crippen molar-refractivity contribution in [2.75, 3.05) is 11.4 Å². The number of hydrogen-bond acceptors (Lipinski definition) is 2. The van der Waals surface area contributed by atoms with Crippen molar-refractivity contribution in [3.8, 4) is 0 Å². The number of alkyl halides is 3. The maximum atomic E-state index is 12.4. The number of pyridine rings is 1. The van der Waals surface area contributed by atoms with Crippen molar-refractivity contribution in [1.82, 2.24) is 10.3 Å². The second-order valence-corrected chi connectivity index (χ2v) is 4.45. The van der Waals surface area contributed by atoms with Crippen LogP contribution in [-0.4, -0.2) is 23.6 Å². The van der Waals surface area contributed by atoms with Crippen LogP contribution in [0.15, 0.2) is 18.3 Å². The SMILES string of the molecule is CCC[C@H]1CN(c2ccc(C(F)(F)F)nc2)C(=O)N1. The van der Waals surface area contributed by atoms with Gasteiger partial charge >= 0.3 is 12.2 Å². The fourth-order valence-corrected chi connectivity index (χ4v) is 2.05. The molecule has 1 aromatic rings. The lowest BCUT2D eigenvalue weighted by Gasteiger charge is -2.15. The van der Waals surface area contributed by atoms with Gasteiger partial charge in [0, 0.05) is 12.6 Å². The molecule has 0 bridgehead atoms. The quantitative estimate of drug-likeness (QED) is 0.920. The Morgan fingerprint density at radius 2 is 2.21 bits per heavy atom. The van der Waals surface area contributed by atoms with E-state index in [1.807, 2.05) is 6.92 Å². The van der Waals surface area contributed by atoms with Gasteiger partial charge in [0.05, 0.1) is 11.9 Å². The average Bonchev–Trinajstić information content (AvgIpc) is 2.70. The van der Waals surface area contributed by atoms with Crippen LogP contribution in [0.3, 0.4) is 0 Å². The Morgan fingerprint density at radius 3 is 2.74 bits per heavy atom. The lowest BCUT2D eigenvalue weighted by Crippen LogP contribution is -2.28. The Bertz CT molecular complexity index is 458. The highest BCUT2D eigenvalue weighted by atomic mass is 19.4. The summed E-state index contributed by atoms with van der Waals surface area (Å²) in [6, 6.07) is 1.90. The molecular weight excluding hydrogens is 259 g/mol. The summed E-state index contributed by atoms with van der Waals surface area (Å²) < 4.78 is 37.1. The molecule has 0 aromatic carbocycles. The van der Waals surface area contributed by atoms with Gasteiger partial charge < -0.3 is 5.32 Å². The van der Waals surface area contributed by atoms with Crippen LogP contribution in [0.1, 0.15) is 25.5 Å². The van der Waals surface area contributed by atoms with Crippen LogP contribution in [0.5, 0.6) is 0 Å². The summed E-state index contributed by atoms with van der Waals surface area (Å²) in [4.78, 5) is 16.5. The minimum absolute atomic E-state index is 0.0415. The molecule has 2 rings (SSSR count). The maximum Gasteiger partial charge on any atom is 0.433 e. The molecule has 1 fully saturated rings. The molecule has 0 unspecified atom stereocenters. The van der Waals surface area contributed by atoms with Gasteiger partial charge in [0.1, 0.15) is 5.69 Å². The van der Waals surface area contributed by atoms with Crippen molar-refractivity contribution in [2.45, 2.75) is 32.0 Å². The summed E-state index contributed by atoms with van der Waals surface area (Å²) in [6.45, 7) is 2.47. The van der Waals surface area contributed by atoms with Crippen molar-refractivity contribution in [3.05, 3.63) is 24.0 Å². The molecule has 104 valence electrons. The molecule has 1 N–H and O–H groups in total. The van der Waals surface area contributed by atoms with Gasteiger partial charge in [-0.3, -0.25) is 4.90 Å². The zero-order valence-corrected chi connectivity index (χ0v) is 10.4. The van der Waals surface area contributed by atoms with E-state index in [4.69, 9.17) is 0 Å². The summed E-state index contributed by atoms with van der Waals surface area (Å²) in [7, 11) is 0. The van der Waals surface area contributed by atoms with E-state index in [9.17, 15) is 18.0 Å². The summed E-state index contributed by atoms with van der Waals surface area (Å²) in [5.41, 5.74) is -0.579. The van der Waals surface area contributed by atoms with E-state index in [1.54, 1.807) is 0 Å². The van der Waals surface area contributed by atoms with Crippen LogP contribution < -0.4 is 10.2 Å². The predicted octanol–water partition coefficient (Wildman–Crippen LogP) is 2.80. The highest BCUT2D eigenvalue weighted by Crippen LogP contribution is 2.29. The molecule has 1 atom stereocenters. The number of aromatic nitrogens is 1. The van der Waals surface area contributed by atoms with Crippen molar-refractivity contribution in [3.63, 3.8) is 0 Å². The van der Waals surface area contributed by atoms with Gasteiger partial charge in [-0.2, -0.15) is 13.2 Å². The topological polar surface area (TPSA) is 45.2 Å². The number of halogens is 3. The first kappa shape index (κ1) is 13.6. The van der Waals surface area contributed by atoms with E-state index in [0.29, 0.717) is 12.2 Å². The second-order valence-electron chi connectivity index (χ2n) is 4.45. The van der Waals surface area contributed by atoms with E-state index in [2.05, 4.69) is 10.3 Å². The van der Waals surface area contributed by atoms with Crippen LogP contribution >= 0.6 is 0 Å². The first-order valence-corrected chi connectivity index (χ1v) is 6.03. The number of urea groups is 1. The zero-order chi connectivity index (χ0) is 14.0. The van der Waals surface area contributed by atoms with Crippen molar-refractivity contribution in [2.24, 2.45) is 0 Å². The van der Waals surface area contributed by atoms with Crippen molar-refractivity contribution in [1.29, 1.82) is 0 Å². The van der Waals surface area contributed by atoms with E-state index in [1.165, 1.54) is 11.0 Å². The molecule has 0 aliphatic carbocycles. The highest BCUT2D eigenvalue weighted by Gasteiger charge is 2.33. The van der Waals surface area contributed by atoms with Gasteiger partial charge in [0.2, 0.25) is 0 Å². The average molecular weight is 273 g/mol. The monoisotopic (exact) mass is 273 g/mol. The van der Waals surface area contributed by atoms with Gasteiger partial charge in [-0.25, -0.2) is 9.78 Å². The minimum Gasteiger partial charge on any atom is -0.333 e. The third kappa shape index (κ3) is 2.97. The molecule has 19 heavy (non-hydrogen) atoms. The van der Waals surface area contributed by atoms with Crippen LogP contribution in [0.2, 0.25) is 0 Å². The van der Waals surface area contributed by atoms with Crippen molar-refractivity contribution >= 4 is 11.7 Å². The smallest absolute Gasteiger partial charge is 0.333 e. The molecule has 0 spiro atoms. The molecular formula is C12H14F3N3O. The lowest BCUT2D eigenvalue weighted by molar-refractivity contribution is -0.141. The largest absolute Gasteiger partial charge is 0.433 e. The predicted molar refractivity (Wildman–Crippen MR) is 63.8 cm³/mol. The lowest BCUT2D eigenvalue weighted by atomic mass is 10.2. The standard InChI is InChI=1S/C12H14F3N3O/c1-2-3-8-7-18(11(19)17-8)9-4-5-10(16-6-9)12(13,14)15/h4-6,8H,2-3,7H2,1H3,(H,17,19)/t8-/m0/s1. The van der Waals surface area contributed by atoms with E-state index in [-0.39, 0.29) is 12.1 Å². The minimum atomic E-state index is -4.46. The molecule has 0 saturated carbocycles. The van der Waals surface area contributed by atoms with Crippen LogP contribution in [0.4, 0.5) is 23.7 Å². The van der Waals surface area contributed by atoms with Gasteiger partial charge in [-0.15, -0.1) is 0 Å². The molecule has 1 saturated heterocycles. The van der Waals surface area contributed by atoms with E-state index < -0.39 is 11.9 Å². The van der Waals surface area contributed by atoms with Crippen LogP contribution in [0.25, 0.3) is 0 Å². The molecule has 0 radical (unpaired) electrons. The number of hydrogen-bond donors (Lipinski definition) is 1. The van der Waals surface area contributed by atoms with Gasteiger partial charge in [-0.1, -0.05) is 13.3 Å². The number of rotatable bonds is 3. The number of nitrogens with zero attached hydrogens (tertiary/aromatic N) is 2. The van der Waals surface area contributed by atoms with E-state index in [0.717, 1.165) is 25.1 Å². The Morgan fingerprint density at radius 1 is 1.47 bits per heavy atom. The zero-order valence-electron chi connectivity index (χ0n) is 10.4. The summed E-state index contributed by atoms with van der Waals surface area (Å²) in [6.07, 6.45) is -1.60. The molecule has 7 heteroatoms. The number of anilines is 1. The summed E-state index contributed by atoms with van der Waals surface area (Å²) in [5.74, 6) is 0. The number of nitrogens with one attached hydrogen (secondary N) is 1. The van der Waals surface area contributed by atoms with Crippen LogP contribution in [-0.2, 0) is 6.18 Å². The number of amides is 2. The Labute approximate surface area is 108 Å². The molecule has 4 nitrogen and oxygen atoms in total. The van der Waals surface area contributed by atoms with E-state index >= 15 is 0 Å². The molecule has 2 heterocycles. The van der Waals surface area contributed by atoms with Crippen LogP contribution in [0, 0.1) is 0 Å². The maximum absolute atomic E-state index is 12.4. The Kier molecular flexibility index (Phi) is 3.64. The molecule has 1 aliphatic heterocycles. The van der Waals surface area contributed by atoms with Gasteiger partial charge in [-0.05, 0) is 18.6 Å². The first-order chi connectivity index (χ1) is 8.91. The normalized spacial score (nSPS) is 19.7. The molecule has 1 aliphatic rings. The third-order valence-electron chi connectivity index (χ3n) is 2.96. The third-order valence-corrected chi connectivity index (χ3v) is 2.96. The molecule has 2 amide bonds. The summed E-state index contributed by atoms with van der Waals surface area (Å²) in [5, 5.41) is 2.79. The molecule has 1 aromatic heterocycles. The Balaban J connectivity index is 2.13. The summed E-state index contributed by atoms with van der Waals surface area (Å²) >= 11 is 0. The first-order valence-electron chi connectivity index (χ1n) is 6.03. The van der Waals surface area contributed by atoms with Gasteiger partial charge in [0.25, 0.3) is 0 Å².